The number of aromatic hydroxyl groups is 1. The van der Waals surface area contributed by atoms with Gasteiger partial charge in [-0.2, -0.15) is 0 Å². The number of aliphatic hydroxyl groups excluding tert-OH is 1. The van der Waals surface area contributed by atoms with Crippen LogP contribution in [0.15, 0.2) is 35.3 Å². The summed E-state index contributed by atoms with van der Waals surface area (Å²) >= 11 is 0. The molecule has 2 aliphatic rings. The molecule has 0 unspecified atom stereocenters. The molecule has 1 aromatic heterocycles. The number of halogens is 3. The number of benzene rings is 1. The molecule has 2 aliphatic heterocycles. The number of aliphatic hydroxyl groups is 1. The summed E-state index contributed by atoms with van der Waals surface area (Å²) in [6, 6.07) is -0.282. The molecule has 3 N–H and O–H groups in total. The molecule has 3 atom stereocenters. The number of fused-ring (bicyclic) bond motifs is 4. The van der Waals surface area contributed by atoms with E-state index in [2.05, 4.69) is 5.32 Å². The van der Waals surface area contributed by atoms with Crippen LogP contribution in [-0.2, 0) is 6.54 Å². The highest BCUT2D eigenvalue weighted by atomic mass is 19.1. The molecule has 0 fully saturated rings. The minimum absolute atomic E-state index is 0.0660. The Labute approximate surface area is 179 Å². The van der Waals surface area contributed by atoms with Crippen LogP contribution >= 0.6 is 0 Å². The van der Waals surface area contributed by atoms with E-state index in [9.17, 15) is 37.8 Å². The molecule has 0 radical (unpaired) electrons. The molecule has 2 bridgehead atoms. The molecule has 0 aliphatic carbocycles. The van der Waals surface area contributed by atoms with Gasteiger partial charge in [0, 0.05) is 43.0 Å². The van der Waals surface area contributed by atoms with E-state index in [4.69, 9.17) is 0 Å². The number of carbonyl (C=O) groups is 2. The quantitative estimate of drug-likeness (QED) is 0.610. The van der Waals surface area contributed by atoms with Crippen molar-refractivity contribution in [3.05, 3.63) is 75.0 Å². The first-order valence-corrected chi connectivity index (χ1v) is 9.67. The Morgan fingerprint density at radius 1 is 1.19 bits per heavy atom. The van der Waals surface area contributed by atoms with Crippen molar-refractivity contribution in [2.24, 2.45) is 0 Å². The predicted octanol–water partition coefficient (Wildman–Crippen LogP) is 1.22. The van der Waals surface area contributed by atoms with Crippen molar-refractivity contribution in [1.82, 2.24) is 14.8 Å². The van der Waals surface area contributed by atoms with Crippen LogP contribution in [0.25, 0.3) is 0 Å². The first-order valence-electron chi connectivity index (χ1n) is 9.67. The molecule has 8 nitrogen and oxygen atoms in total. The zero-order valence-electron chi connectivity index (χ0n) is 16.7. The molecule has 11 heteroatoms. The summed E-state index contributed by atoms with van der Waals surface area (Å²) < 4.78 is 41.8. The number of hydrogen-bond donors (Lipinski definition) is 3. The highest BCUT2D eigenvalue weighted by Crippen LogP contribution is 2.32. The molecule has 3 heterocycles. The molecule has 32 heavy (non-hydrogen) atoms. The lowest BCUT2D eigenvalue weighted by molar-refractivity contribution is 0.0534. The summed E-state index contributed by atoms with van der Waals surface area (Å²) in [5.41, 5.74) is -2.74. The maximum atomic E-state index is 13.8. The van der Waals surface area contributed by atoms with Gasteiger partial charge in [-0.25, -0.2) is 13.2 Å². The minimum atomic E-state index is -1.22. The van der Waals surface area contributed by atoms with E-state index in [1.54, 1.807) is 13.0 Å². The smallest absolute Gasteiger partial charge is 0.275 e. The Hall–Kier alpha value is -3.60. The van der Waals surface area contributed by atoms with Crippen LogP contribution in [0.3, 0.4) is 0 Å². The summed E-state index contributed by atoms with van der Waals surface area (Å²) in [7, 11) is 0. The van der Waals surface area contributed by atoms with Crippen LogP contribution in [-0.4, -0.2) is 50.2 Å². The largest absolute Gasteiger partial charge is 0.503 e. The Kier molecular flexibility index (Phi) is 5.29. The van der Waals surface area contributed by atoms with Crippen LogP contribution in [0.2, 0.25) is 0 Å². The molecular weight excluding hydrogens is 431 g/mol. The molecule has 0 spiro atoms. The van der Waals surface area contributed by atoms with E-state index in [1.165, 1.54) is 11.0 Å². The van der Waals surface area contributed by atoms with Crippen molar-refractivity contribution >= 4 is 11.8 Å². The van der Waals surface area contributed by atoms with E-state index in [0.717, 1.165) is 10.8 Å². The van der Waals surface area contributed by atoms with Gasteiger partial charge >= 0.3 is 0 Å². The van der Waals surface area contributed by atoms with Crippen LogP contribution in [0.4, 0.5) is 13.2 Å². The maximum Gasteiger partial charge on any atom is 0.275 e. The molecule has 2 aromatic rings. The lowest BCUT2D eigenvalue weighted by atomic mass is 10.0. The molecule has 168 valence electrons. The molecule has 0 saturated carbocycles. The highest BCUT2D eigenvalue weighted by molar-refractivity contribution is 5.99. The summed E-state index contributed by atoms with van der Waals surface area (Å²) in [6.45, 7) is 1.08. The average Bonchev–Trinajstić information content (AvgIpc) is 2.85. The lowest BCUT2D eigenvalue weighted by Crippen LogP contribution is -2.49. The van der Waals surface area contributed by atoms with Gasteiger partial charge in [-0.15, -0.1) is 0 Å². The van der Waals surface area contributed by atoms with Crippen LogP contribution in [0, 0.1) is 17.5 Å². The van der Waals surface area contributed by atoms with Gasteiger partial charge in [-0.1, -0.05) is 12.2 Å². The molecule has 0 saturated heterocycles. The number of aromatic nitrogens is 1. The summed E-state index contributed by atoms with van der Waals surface area (Å²) in [5, 5.41) is 23.1. The van der Waals surface area contributed by atoms with Gasteiger partial charge in [-0.3, -0.25) is 14.4 Å². The van der Waals surface area contributed by atoms with Crippen molar-refractivity contribution in [3.63, 3.8) is 0 Å². The van der Waals surface area contributed by atoms with E-state index in [0.29, 0.717) is 12.1 Å². The SMILES string of the molecule is C[C@H]1C=C[C@H](O)[C@H]2CN1C(=O)c1c(O)c(=O)c(C(=O)NCc3c(F)cc(F)cc3F)cn12. The first-order chi connectivity index (χ1) is 15.1. The molecule has 1 aromatic carbocycles. The number of hydrogen-bond acceptors (Lipinski definition) is 5. The molecule has 4 rings (SSSR count). The van der Waals surface area contributed by atoms with Gasteiger partial charge in [0.1, 0.15) is 23.0 Å². The van der Waals surface area contributed by atoms with Crippen LogP contribution < -0.4 is 10.7 Å². The second-order valence-corrected chi connectivity index (χ2v) is 7.65. The van der Waals surface area contributed by atoms with Gasteiger partial charge in [0.15, 0.2) is 11.4 Å². The second-order valence-electron chi connectivity index (χ2n) is 7.65. The van der Waals surface area contributed by atoms with Crippen molar-refractivity contribution in [1.29, 1.82) is 0 Å². The Morgan fingerprint density at radius 3 is 2.50 bits per heavy atom. The van der Waals surface area contributed by atoms with Gasteiger partial charge in [-0.05, 0) is 6.92 Å². The number of nitrogens with zero attached hydrogens (tertiary/aromatic N) is 2. The fraction of sp³-hybridized carbons (Fsp3) is 0.286. The highest BCUT2D eigenvalue weighted by Gasteiger charge is 2.40. The van der Waals surface area contributed by atoms with E-state index in [-0.39, 0.29) is 12.2 Å². The van der Waals surface area contributed by atoms with Gasteiger partial charge in [0.2, 0.25) is 5.43 Å². The van der Waals surface area contributed by atoms with Crippen molar-refractivity contribution in [2.45, 2.75) is 31.7 Å². The Balaban J connectivity index is 1.71. The number of amides is 2. The fourth-order valence-corrected chi connectivity index (χ4v) is 3.90. The Bertz CT molecular complexity index is 1200. The summed E-state index contributed by atoms with van der Waals surface area (Å²) in [5.74, 6) is -6.27. The van der Waals surface area contributed by atoms with E-state index < -0.39 is 76.3 Å². The van der Waals surface area contributed by atoms with Gasteiger partial charge < -0.3 is 25.0 Å². The third kappa shape index (κ3) is 3.44. The van der Waals surface area contributed by atoms with Crippen molar-refractivity contribution in [3.8, 4) is 5.75 Å². The summed E-state index contributed by atoms with van der Waals surface area (Å²) in [6.07, 6.45) is 3.04. The second kappa shape index (κ2) is 7.83. The van der Waals surface area contributed by atoms with Gasteiger partial charge in [0.05, 0.1) is 12.1 Å². The first kappa shape index (κ1) is 21.6. The minimum Gasteiger partial charge on any atom is -0.503 e. The van der Waals surface area contributed by atoms with Crippen LogP contribution in [0.1, 0.15) is 39.4 Å². The number of pyridine rings is 1. The number of nitrogens with one attached hydrogen (secondary N) is 1. The number of rotatable bonds is 3. The van der Waals surface area contributed by atoms with Crippen molar-refractivity contribution in [2.75, 3.05) is 6.54 Å². The lowest BCUT2D eigenvalue weighted by Gasteiger charge is -2.38. The Morgan fingerprint density at radius 2 is 1.84 bits per heavy atom. The monoisotopic (exact) mass is 449 g/mol. The van der Waals surface area contributed by atoms with Crippen LogP contribution in [0.5, 0.6) is 5.75 Å². The van der Waals surface area contributed by atoms with E-state index >= 15 is 0 Å². The maximum absolute atomic E-state index is 13.8. The third-order valence-electron chi connectivity index (χ3n) is 5.66. The fourth-order valence-electron chi connectivity index (χ4n) is 3.90. The zero-order valence-corrected chi connectivity index (χ0v) is 16.7. The standard InChI is InChI=1S/C21H18F3N3O5/c1-9-2-3-16(28)15-8-26(9)21(32)17-19(30)18(29)12(7-27(15)17)20(31)25-6-11-13(23)4-10(22)5-14(11)24/h2-5,7,9,15-16,28,30H,6,8H2,1H3,(H,25,31)/t9-,15+,16-/m0/s1. The van der Waals surface area contributed by atoms with E-state index in [1.807, 2.05) is 0 Å². The zero-order chi connectivity index (χ0) is 23.3. The normalized spacial score (nSPS) is 21.8. The molecule has 2 amide bonds. The molecular formula is C21H18F3N3O5. The summed E-state index contributed by atoms with van der Waals surface area (Å²) in [4.78, 5) is 39.4. The van der Waals surface area contributed by atoms with Gasteiger partial charge in [0.25, 0.3) is 11.8 Å². The van der Waals surface area contributed by atoms with Crippen molar-refractivity contribution < 1.29 is 33.0 Å². The third-order valence-corrected chi connectivity index (χ3v) is 5.66. The average molecular weight is 449 g/mol. The number of carbonyl (C=O) groups excluding carboxylic acids is 2. The topological polar surface area (TPSA) is 112 Å². The predicted molar refractivity (Wildman–Crippen MR) is 105 cm³/mol.